The molecular formula is C15H13N5O2. The molecule has 0 saturated heterocycles. The molecule has 0 amide bonds. The molecule has 0 unspecified atom stereocenters. The topological polar surface area (TPSA) is 85.9 Å². The highest BCUT2D eigenvalue weighted by molar-refractivity contribution is 5.62. The summed E-state index contributed by atoms with van der Waals surface area (Å²) in [5, 5.41) is 18.2. The summed E-state index contributed by atoms with van der Waals surface area (Å²) in [6.07, 6.45) is 3.31. The molecule has 1 N–H and O–H groups in total. The van der Waals surface area contributed by atoms with Crippen LogP contribution >= 0.6 is 0 Å². The second-order valence-corrected chi connectivity index (χ2v) is 4.64. The number of rotatable bonds is 5. The van der Waals surface area contributed by atoms with Gasteiger partial charge in [-0.05, 0) is 11.6 Å². The second-order valence-electron chi connectivity index (χ2n) is 4.64. The summed E-state index contributed by atoms with van der Waals surface area (Å²) in [6, 6.07) is 14.6. The molecule has 0 atom stereocenters. The van der Waals surface area contributed by atoms with Gasteiger partial charge in [-0.25, -0.2) is 4.98 Å². The van der Waals surface area contributed by atoms with Crippen molar-refractivity contribution >= 4 is 17.3 Å². The van der Waals surface area contributed by atoms with E-state index in [4.69, 9.17) is 0 Å². The van der Waals surface area contributed by atoms with Crippen molar-refractivity contribution in [1.29, 1.82) is 0 Å². The van der Waals surface area contributed by atoms with Crippen LogP contribution in [-0.4, -0.2) is 19.7 Å². The van der Waals surface area contributed by atoms with Crippen molar-refractivity contribution in [3.05, 3.63) is 76.6 Å². The van der Waals surface area contributed by atoms with Gasteiger partial charge in [-0.15, -0.1) is 0 Å². The number of hydrogen-bond acceptors (Lipinski definition) is 5. The van der Waals surface area contributed by atoms with E-state index in [2.05, 4.69) is 15.4 Å². The van der Waals surface area contributed by atoms with Crippen LogP contribution in [0, 0.1) is 10.1 Å². The zero-order chi connectivity index (χ0) is 15.4. The summed E-state index contributed by atoms with van der Waals surface area (Å²) >= 11 is 0. The zero-order valence-corrected chi connectivity index (χ0v) is 11.6. The molecule has 0 aliphatic heterocycles. The number of pyridine rings is 1. The number of benzene rings is 1. The van der Waals surface area contributed by atoms with E-state index in [-0.39, 0.29) is 11.5 Å². The highest BCUT2D eigenvalue weighted by atomic mass is 16.6. The molecule has 0 saturated carbocycles. The Morgan fingerprint density at radius 3 is 2.73 bits per heavy atom. The van der Waals surface area contributed by atoms with Crippen LogP contribution in [0.4, 0.5) is 17.3 Å². The molecule has 3 rings (SSSR count). The minimum Gasteiger partial charge on any atom is -0.318 e. The molecule has 110 valence electrons. The van der Waals surface area contributed by atoms with Crippen LogP contribution in [0.1, 0.15) is 5.56 Å². The predicted octanol–water partition coefficient (Wildman–Crippen LogP) is 2.98. The minimum atomic E-state index is -0.476. The Kier molecular flexibility index (Phi) is 3.78. The third-order valence-corrected chi connectivity index (χ3v) is 3.06. The van der Waals surface area contributed by atoms with E-state index in [9.17, 15) is 10.1 Å². The Hall–Kier alpha value is -3.22. The summed E-state index contributed by atoms with van der Waals surface area (Å²) in [4.78, 5) is 14.5. The number of nitrogens with zero attached hydrogens (tertiary/aromatic N) is 4. The summed E-state index contributed by atoms with van der Waals surface area (Å²) < 4.78 is 1.76. The van der Waals surface area contributed by atoms with E-state index >= 15 is 0 Å². The summed E-state index contributed by atoms with van der Waals surface area (Å²) in [5.74, 6) is 0.690. The summed E-state index contributed by atoms with van der Waals surface area (Å²) in [7, 11) is 0. The minimum absolute atomic E-state index is 0.0832. The van der Waals surface area contributed by atoms with Crippen molar-refractivity contribution < 1.29 is 4.92 Å². The molecule has 0 radical (unpaired) electrons. The van der Waals surface area contributed by atoms with Gasteiger partial charge in [0.15, 0.2) is 5.82 Å². The highest BCUT2D eigenvalue weighted by Crippen LogP contribution is 2.23. The Bertz CT molecular complexity index is 785. The molecule has 0 fully saturated rings. The molecule has 1 aromatic carbocycles. The molecule has 0 bridgehead atoms. The van der Waals surface area contributed by atoms with Crippen molar-refractivity contribution in [2.75, 3.05) is 5.32 Å². The largest absolute Gasteiger partial charge is 0.318 e. The van der Waals surface area contributed by atoms with Crippen LogP contribution in [0.25, 0.3) is 0 Å². The van der Waals surface area contributed by atoms with Crippen LogP contribution in [0.15, 0.2) is 60.9 Å². The van der Waals surface area contributed by atoms with Gasteiger partial charge in [0.25, 0.3) is 0 Å². The Balaban J connectivity index is 1.76. The fraction of sp³-hybridized carbons (Fsp3) is 0.0667. The van der Waals surface area contributed by atoms with Crippen molar-refractivity contribution in [2.45, 2.75) is 6.54 Å². The first kappa shape index (κ1) is 13.7. The third-order valence-electron chi connectivity index (χ3n) is 3.06. The first-order valence-electron chi connectivity index (χ1n) is 6.66. The highest BCUT2D eigenvalue weighted by Gasteiger charge is 2.14. The average molecular weight is 295 g/mol. The molecular weight excluding hydrogens is 282 g/mol. The summed E-state index contributed by atoms with van der Waals surface area (Å²) in [5.41, 5.74) is 1.04. The quantitative estimate of drug-likeness (QED) is 0.577. The molecule has 7 heteroatoms. The smallest absolute Gasteiger partial charge is 0.311 e. The third kappa shape index (κ3) is 3.09. The van der Waals surface area contributed by atoms with Crippen LogP contribution in [-0.2, 0) is 6.54 Å². The van der Waals surface area contributed by atoms with Gasteiger partial charge in [0.2, 0.25) is 5.82 Å². The van der Waals surface area contributed by atoms with Gasteiger partial charge in [-0.3, -0.25) is 14.8 Å². The van der Waals surface area contributed by atoms with Crippen LogP contribution in [0.3, 0.4) is 0 Å². The standard InChI is InChI=1S/C15H13N5O2/c21-20(22)13-7-4-9-16-15(13)17-14-8-10-19(18-14)11-12-5-2-1-3-6-12/h1-10H,11H2,(H,16,17,18). The lowest BCUT2D eigenvalue weighted by molar-refractivity contribution is -0.384. The predicted molar refractivity (Wildman–Crippen MR) is 81.9 cm³/mol. The number of aromatic nitrogens is 3. The van der Waals surface area contributed by atoms with E-state index in [0.29, 0.717) is 12.4 Å². The molecule has 2 heterocycles. The fourth-order valence-electron chi connectivity index (χ4n) is 2.05. The number of nitro groups is 1. The number of hydrogen-bond donors (Lipinski definition) is 1. The van der Waals surface area contributed by atoms with Gasteiger partial charge in [0.1, 0.15) is 0 Å². The fourth-order valence-corrected chi connectivity index (χ4v) is 2.05. The molecule has 7 nitrogen and oxygen atoms in total. The monoisotopic (exact) mass is 295 g/mol. The van der Waals surface area contributed by atoms with E-state index in [1.165, 1.54) is 18.3 Å². The first-order valence-corrected chi connectivity index (χ1v) is 6.66. The maximum Gasteiger partial charge on any atom is 0.311 e. The maximum atomic E-state index is 11.0. The number of anilines is 2. The molecule has 2 aromatic heterocycles. The molecule has 0 aliphatic carbocycles. The van der Waals surface area contributed by atoms with Crippen molar-refractivity contribution in [1.82, 2.24) is 14.8 Å². The lowest BCUT2D eigenvalue weighted by Gasteiger charge is -2.03. The van der Waals surface area contributed by atoms with Crippen LogP contribution in [0.2, 0.25) is 0 Å². The van der Waals surface area contributed by atoms with Gasteiger partial charge >= 0.3 is 5.69 Å². The van der Waals surface area contributed by atoms with Crippen molar-refractivity contribution in [3.63, 3.8) is 0 Å². The Labute approximate surface area is 126 Å². The van der Waals surface area contributed by atoms with E-state index < -0.39 is 4.92 Å². The van der Waals surface area contributed by atoms with Crippen LogP contribution < -0.4 is 5.32 Å². The van der Waals surface area contributed by atoms with Gasteiger partial charge in [-0.2, -0.15) is 5.10 Å². The zero-order valence-electron chi connectivity index (χ0n) is 11.6. The number of nitrogens with one attached hydrogen (secondary N) is 1. The molecule has 0 aliphatic rings. The summed E-state index contributed by atoms with van der Waals surface area (Å²) in [6.45, 7) is 0.632. The van der Waals surface area contributed by atoms with Gasteiger partial charge in [0, 0.05) is 24.5 Å². The van der Waals surface area contributed by atoms with Crippen molar-refractivity contribution in [2.24, 2.45) is 0 Å². The van der Waals surface area contributed by atoms with E-state index in [0.717, 1.165) is 5.56 Å². The SMILES string of the molecule is O=[N+]([O-])c1cccnc1Nc1ccn(Cc2ccccc2)n1. The van der Waals surface area contributed by atoms with Crippen LogP contribution in [0.5, 0.6) is 0 Å². The molecule has 0 spiro atoms. The van der Waals surface area contributed by atoms with Crippen molar-refractivity contribution in [3.8, 4) is 0 Å². The van der Waals surface area contributed by atoms with E-state index in [1.54, 1.807) is 10.7 Å². The van der Waals surface area contributed by atoms with E-state index in [1.807, 2.05) is 36.5 Å². The lowest BCUT2D eigenvalue weighted by Crippen LogP contribution is -2.03. The maximum absolute atomic E-state index is 11.0. The average Bonchev–Trinajstić information content (AvgIpc) is 2.96. The lowest BCUT2D eigenvalue weighted by atomic mass is 10.2. The molecule has 22 heavy (non-hydrogen) atoms. The van der Waals surface area contributed by atoms with Gasteiger partial charge in [-0.1, -0.05) is 30.3 Å². The second kappa shape index (κ2) is 6.04. The normalized spacial score (nSPS) is 10.4. The Morgan fingerprint density at radius 1 is 1.14 bits per heavy atom. The molecule has 3 aromatic rings. The van der Waals surface area contributed by atoms with Gasteiger partial charge in [0.05, 0.1) is 11.5 Å². The first-order chi connectivity index (χ1) is 10.7. The Morgan fingerprint density at radius 2 is 1.95 bits per heavy atom. The van der Waals surface area contributed by atoms with Gasteiger partial charge < -0.3 is 5.32 Å².